The molecule has 0 aliphatic rings. The molecule has 1 N–H and O–H groups in total. The maximum atomic E-state index is 13.2. The molecular formula is C20H18FNO2S2. The quantitative estimate of drug-likeness (QED) is 0.589. The van der Waals surface area contributed by atoms with Crippen LogP contribution in [0.3, 0.4) is 0 Å². The smallest absolute Gasteiger partial charge is 0.262 e. The first-order valence-electron chi connectivity index (χ1n) is 8.00. The van der Waals surface area contributed by atoms with Crippen LogP contribution >= 0.6 is 11.8 Å². The van der Waals surface area contributed by atoms with Gasteiger partial charge in [-0.1, -0.05) is 30.3 Å². The van der Waals surface area contributed by atoms with Gasteiger partial charge < -0.3 is 0 Å². The van der Waals surface area contributed by atoms with E-state index in [1.807, 2.05) is 30.3 Å². The van der Waals surface area contributed by atoms with Crippen molar-refractivity contribution < 1.29 is 12.8 Å². The van der Waals surface area contributed by atoms with Crippen molar-refractivity contribution in [3.8, 4) is 0 Å². The van der Waals surface area contributed by atoms with Gasteiger partial charge >= 0.3 is 0 Å². The number of halogens is 1. The van der Waals surface area contributed by atoms with Crippen LogP contribution in [0.4, 0.5) is 10.1 Å². The lowest BCUT2D eigenvalue weighted by atomic mass is 10.2. The first-order valence-corrected chi connectivity index (χ1v) is 10.5. The molecule has 0 unspecified atom stereocenters. The van der Waals surface area contributed by atoms with Gasteiger partial charge in [0.15, 0.2) is 0 Å². The molecule has 6 heteroatoms. The Hall–Kier alpha value is -2.31. The van der Waals surface area contributed by atoms with Crippen molar-refractivity contribution in [3.05, 3.63) is 89.7 Å². The predicted molar refractivity (Wildman–Crippen MR) is 104 cm³/mol. The number of hydrogen-bond acceptors (Lipinski definition) is 3. The van der Waals surface area contributed by atoms with E-state index in [4.69, 9.17) is 0 Å². The van der Waals surface area contributed by atoms with Gasteiger partial charge in [-0.25, -0.2) is 12.8 Å². The molecule has 0 spiro atoms. The number of anilines is 1. The Morgan fingerprint density at radius 3 is 2.31 bits per heavy atom. The topological polar surface area (TPSA) is 46.2 Å². The van der Waals surface area contributed by atoms with E-state index in [9.17, 15) is 12.8 Å². The summed E-state index contributed by atoms with van der Waals surface area (Å²) in [6.07, 6.45) is 0. The molecule has 26 heavy (non-hydrogen) atoms. The van der Waals surface area contributed by atoms with Crippen molar-refractivity contribution in [1.29, 1.82) is 0 Å². The minimum atomic E-state index is -3.75. The zero-order chi connectivity index (χ0) is 18.6. The lowest BCUT2D eigenvalue weighted by Gasteiger charge is -2.11. The molecule has 0 aliphatic carbocycles. The van der Waals surface area contributed by atoms with Crippen LogP contribution in [0.2, 0.25) is 0 Å². The van der Waals surface area contributed by atoms with E-state index in [0.29, 0.717) is 11.3 Å². The Morgan fingerprint density at radius 1 is 0.962 bits per heavy atom. The highest BCUT2D eigenvalue weighted by Crippen LogP contribution is 2.24. The highest BCUT2D eigenvalue weighted by atomic mass is 32.2. The molecule has 0 saturated carbocycles. The number of rotatable bonds is 6. The molecule has 0 radical (unpaired) electrons. The monoisotopic (exact) mass is 387 g/mol. The van der Waals surface area contributed by atoms with E-state index in [1.54, 1.807) is 30.8 Å². The summed E-state index contributed by atoms with van der Waals surface area (Å²) in [5.74, 6) is 0.343. The van der Waals surface area contributed by atoms with Crippen LogP contribution < -0.4 is 4.72 Å². The number of benzene rings is 3. The fourth-order valence-electron chi connectivity index (χ4n) is 2.48. The van der Waals surface area contributed by atoms with Gasteiger partial charge in [0.1, 0.15) is 5.82 Å². The van der Waals surface area contributed by atoms with Gasteiger partial charge in [-0.2, -0.15) is 0 Å². The second kappa shape index (κ2) is 7.93. The fraction of sp³-hybridized carbons (Fsp3) is 0.100. The molecule has 3 nitrogen and oxygen atoms in total. The maximum Gasteiger partial charge on any atom is 0.262 e. The number of nitrogens with one attached hydrogen (secondary N) is 1. The van der Waals surface area contributed by atoms with E-state index < -0.39 is 15.8 Å². The van der Waals surface area contributed by atoms with Crippen molar-refractivity contribution >= 4 is 27.5 Å². The third-order valence-corrected chi connectivity index (χ3v) is 6.41. The molecule has 0 bridgehead atoms. The third kappa shape index (κ3) is 4.65. The molecule has 0 saturated heterocycles. The van der Waals surface area contributed by atoms with Crippen molar-refractivity contribution in [3.63, 3.8) is 0 Å². The third-order valence-electron chi connectivity index (χ3n) is 3.78. The maximum absolute atomic E-state index is 13.2. The Bertz CT molecular complexity index is 988. The normalized spacial score (nSPS) is 11.3. The predicted octanol–water partition coefficient (Wildman–Crippen LogP) is 5.23. The van der Waals surface area contributed by atoms with Gasteiger partial charge in [-0.05, 0) is 60.5 Å². The Balaban J connectivity index is 1.68. The molecule has 0 aromatic heterocycles. The van der Waals surface area contributed by atoms with E-state index in [0.717, 1.165) is 17.4 Å². The molecule has 3 aromatic rings. The first-order chi connectivity index (χ1) is 12.4. The summed E-state index contributed by atoms with van der Waals surface area (Å²) in [4.78, 5) is 1.26. The van der Waals surface area contributed by atoms with E-state index in [-0.39, 0.29) is 4.90 Å². The zero-order valence-corrected chi connectivity index (χ0v) is 15.8. The summed E-state index contributed by atoms with van der Waals surface area (Å²) in [6, 6.07) is 21.0. The second-order valence-corrected chi connectivity index (χ2v) is 8.51. The van der Waals surface area contributed by atoms with Crippen molar-refractivity contribution in [2.45, 2.75) is 22.5 Å². The summed E-state index contributed by atoms with van der Waals surface area (Å²) in [5, 5.41) is 0. The molecule has 3 aromatic carbocycles. The first kappa shape index (κ1) is 18.5. The van der Waals surface area contributed by atoms with Gasteiger partial charge in [0, 0.05) is 16.3 Å². The highest BCUT2D eigenvalue weighted by molar-refractivity contribution is 7.98. The van der Waals surface area contributed by atoms with E-state index in [2.05, 4.69) is 16.9 Å². The van der Waals surface area contributed by atoms with E-state index in [1.165, 1.54) is 17.0 Å². The summed E-state index contributed by atoms with van der Waals surface area (Å²) in [5.41, 5.74) is 1.94. The minimum Gasteiger partial charge on any atom is -0.280 e. The number of aryl methyl sites for hydroxylation is 1. The van der Waals surface area contributed by atoms with Crippen LogP contribution in [-0.2, 0) is 15.8 Å². The summed E-state index contributed by atoms with van der Waals surface area (Å²) >= 11 is 1.72. The highest BCUT2D eigenvalue weighted by Gasteiger charge is 2.17. The summed E-state index contributed by atoms with van der Waals surface area (Å²) in [7, 11) is -3.75. The van der Waals surface area contributed by atoms with Gasteiger partial charge in [0.2, 0.25) is 0 Å². The van der Waals surface area contributed by atoms with Gasteiger partial charge in [-0.15, -0.1) is 11.8 Å². The lowest BCUT2D eigenvalue weighted by Crippen LogP contribution is -2.14. The SMILES string of the molecule is Cc1cc(F)ccc1S(=O)(=O)Nc1ccc(CSc2ccccc2)cc1. The van der Waals surface area contributed by atoms with Crippen LogP contribution in [-0.4, -0.2) is 8.42 Å². The Morgan fingerprint density at radius 2 is 1.65 bits per heavy atom. The van der Waals surface area contributed by atoms with Crippen LogP contribution in [0.1, 0.15) is 11.1 Å². The van der Waals surface area contributed by atoms with Crippen LogP contribution in [0.25, 0.3) is 0 Å². The lowest BCUT2D eigenvalue weighted by molar-refractivity contribution is 0.598. The molecule has 0 atom stereocenters. The molecule has 0 amide bonds. The zero-order valence-electron chi connectivity index (χ0n) is 14.1. The van der Waals surface area contributed by atoms with Crippen LogP contribution in [0.15, 0.2) is 82.6 Å². The molecule has 0 fully saturated rings. The summed E-state index contributed by atoms with van der Waals surface area (Å²) in [6.45, 7) is 1.57. The second-order valence-electron chi connectivity index (χ2n) is 5.81. The molecular weight excluding hydrogens is 369 g/mol. The van der Waals surface area contributed by atoms with Crippen molar-refractivity contribution in [2.75, 3.05) is 4.72 Å². The molecule has 0 heterocycles. The number of sulfonamides is 1. The van der Waals surface area contributed by atoms with Crippen LogP contribution in [0, 0.1) is 12.7 Å². The molecule has 134 valence electrons. The Kier molecular flexibility index (Phi) is 5.64. The minimum absolute atomic E-state index is 0.0719. The molecule has 3 rings (SSSR count). The van der Waals surface area contributed by atoms with Crippen molar-refractivity contribution in [2.24, 2.45) is 0 Å². The van der Waals surface area contributed by atoms with Crippen molar-refractivity contribution in [1.82, 2.24) is 0 Å². The van der Waals surface area contributed by atoms with Gasteiger partial charge in [-0.3, -0.25) is 4.72 Å². The average molecular weight is 388 g/mol. The summed E-state index contributed by atoms with van der Waals surface area (Å²) < 4.78 is 40.7. The van der Waals surface area contributed by atoms with Gasteiger partial charge in [0.25, 0.3) is 10.0 Å². The number of hydrogen-bond donors (Lipinski definition) is 1. The fourth-order valence-corrected chi connectivity index (χ4v) is 4.64. The standard InChI is InChI=1S/C20H18FNO2S2/c1-15-13-17(21)9-12-20(15)26(23,24)22-18-10-7-16(8-11-18)14-25-19-5-3-2-4-6-19/h2-13,22H,14H2,1H3. The van der Waals surface area contributed by atoms with Gasteiger partial charge in [0.05, 0.1) is 4.90 Å². The van der Waals surface area contributed by atoms with Crippen LogP contribution in [0.5, 0.6) is 0 Å². The Labute approximate surface area is 157 Å². The largest absolute Gasteiger partial charge is 0.280 e. The number of thioether (sulfide) groups is 1. The average Bonchev–Trinajstić information content (AvgIpc) is 2.61. The molecule has 0 aliphatic heterocycles. The van der Waals surface area contributed by atoms with E-state index >= 15 is 0 Å².